The fraction of sp³-hybridized carbons (Fsp3) is 0. The molecule has 0 unspecified atom stereocenters. The second-order valence-electron chi connectivity index (χ2n) is 3.69. The molecule has 5 nitrogen and oxygen atoms in total. The molecule has 0 aliphatic heterocycles. The van der Waals surface area contributed by atoms with Crippen LogP contribution in [0.3, 0.4) is 0 Å². The van der Waals surface area contributed by atoms with Gasteiger partial charge in [0.05, 0.1) is 5.39 Å². The molecule has 0 saturated heterocycles. The highest BCUT2D eigenvalue weighted by molar-refractivity contribution is 6.05. The number of fused-ring (bicyclic) bond motifs is 3. The van der Waals surface area contributed by atoms with E-state index in [-0.39, 0.29) is 0 Å². The van der Waals surface area contributed by atoms with Crippen LogP contribution in [-0.4, -0.2) is 0 Å². The number of hydrogen-bond acceptors (Lipinski definition) is 4. The molecule has 0 fully saturated rings. The van der Waals surface area contributed by atoms with Crippen LogP contribution in [0, 0.1) is 10.2 Å². The second-order valence-corrected chi connectivity index (χ2v) is 4.45. The minimum Gasteiger partial charge on any atom is -0.222 e. The van der Waals surface area contributed by atoms with Gasteiger partial charge in [-0.3, -0.25) is 0 Å². The molecular formula is C13H9ClO5. The van der Waals surface area contributed by atoms with Gasteiger partial charge in [0.15, 0.2) is 0 Å². The summed E-state index contributed by atoms with van der Waals surface area (Å²) in [5.41, 5.74) is 0.936. The van der Waals surface area contributed by atoms with Crippen molar-refractivity contribution >= 4 is 21.7 Å². The van der Waals surface area contributed by atoms with Crippen molar-refractivity contribution in [2.75, 3.05) is 0 Å². The van der Waals surface area contributed by atoms with Gasteiger partial charge in [-0.15, -0.1) is 10.2 Å². The summed E-state index contributed by atoms with van der Waals surface area (Å²) in [6, 6.07) is 16.4. The van der Waals surface area contributed by atoms with Crippen LogP contribution in [0.1, 0.15) is 0 Å². The zero-order valence-corrected chi connectivity index (χ0v) is 10.4. The molecule has 6 heteroatoms. The quantitative estimate of drug-likeness (QED) is 0.392. The van der Waals surface area contributed by atoms with Gasteiger partial charge >= 0.3 is 11.8 Å². The van der Waals surface area contributed by atoms with Gasteiger partial charge in [0.2, 0.25) is 0 Å². The van der Waals surface area contributed by atoms with Gasteiger partial charge in [0.25, 0.3) is 0 Å². The van der Waals surface area contributed by atoms with Crippen LogP contribution >= 0.6 is 0 Å². The van der Waals surface area contributed by atoms with Crippen LogP contribution in [0.25, 0.3) is 21.7 Å². The summed E-state index contributed by atoms with van der Waals surface area (Å²) in [7, 11) is -4.94. The zero-order chi connectivity index (χ0) is 13.9. The first-order chi connectivity index (χ1) is 8.95. The van der Waals surface area contributed by atoms with Crippen molar-refractivity contribution in [2.24, 2.45) is 0 Å². The van der Waals surface area contributed by atoms with Crippen molar-refractivity contribution in [3.8, 4) is 0 Å². The Morgan fingerprint density at radius 3 is 2.11 bits per heavy atom. The maximum absolute atomic E-state index is 8.49. The van der Waals surface area contributed by atoms with Gasteiger partial charge in [-0.05, 0) is 22.9 Å². The molecule has 1 heterocycles. The van der Waals surface area contributed by atoms with E-state index in [9.17, 15) is 0 Å². The van der Waals surface area contributed by atoms with E-state index in [1.54, 1.807) is 6.26 Å². The summed E-state index contributed by atoms with van der Waals surface area (Å²) in [4.78, 5) is 0. The van der Waals surface area contributed by atoms with E-state index in [1.807, 2.05) is 18.2 Å². The average molecular weight is 281 g/mol. The van der Waals surface area contributed by atoms with Crippen LogP contribution < -0.4 is 18.6 Å². The zero-order valence-electron chi connectivity index (χ0n) is 9.62. The first kappa shape index (κ1) is 13.7. The largest absolute Gasteiger partial charge is 0.360 e. The smallest absolute Gasteiger partial charge is 0.222 e. The van der Waals surface area contributed by atoms with E-state index >= 15 is 0 Å². The Labute approximate surface area is 110 Å². The normalized spacial score (nSPS) is 11.2. The minimum atomic E-state index is -4.94. The van der Waals surface area contributed by atoms with Crippen LogP contribution in [0.4, 0.5) is 0 Å². The van der Waals surface area contributed by atoms with E-state index in [2.05, 4.69) is 30.3 Å². The lowest BCUT2D eigenvalue weighted by molar-refractivity contribution is -2.00. The summed E-state index contributed by atoms with van der Waals surface area (Å²) >= 11 is 0. The minimum absolute atomic E-state index is 0.936. The fourth-order valence-electron chi connectivity index (χ4n) is 1.80. The van der Waals surface area contributed by atoms with Crippen LogP contribution in [0.2, 0.25) is 0 Å². The Morgan fingerprint density at radius 1 is 0.737 bits per heavy atom. The summed E-state index contributed by atoms with van der Waals surface area (Å²) in [6.07, 6.45) is 1.71. The fourth-order valence-corrected chi connectivity index (χ4v) is 1.80. The third kappa shape index (κ3) is 3.85. The van der Waals surface area contributed by atoms with Gasteiger partial charge < -0.3 is 0 Å². The van der Waals surface area contributed by atoms with Crippen molar-refractivity contribution in [3.05, 3.63) is 54.8 Å². The summed E-state index contributed by atoms with van der Waals surface area (Å²) in [5, 5.41) is 3.67. The van der Waals surface area contributed by atoms with E-state index in [1.165, 1.54) is 16.2 Å². The van der Waals surface area contributed by atoms with Crippen LogP contribution in [0.15, 0.2) is 59.2 Å². The lowest BCUT2D eigenvalue weighted by atomic mass is 10.1. The third-order valence-electron chi connectivity index (χ3n) is 2.47. The van der Waals surface area contributed by atoms with E-state index in [0.717, 1.165) is 5.58 Å². The Bertz CT molecular complexity index is 632. The standard InChI is InChI=1S/C13H9O.ClHO4/c1-2-5-11-10(4-1)7-8-13-12(11)6-3-9-14-13;2-1(3,4)5/h1-9H;(H,2,3,4,5)/q+1;/p-1. The first-order valence-corrected chi connectivity index (χ1v) is 6.48. The summed E-state index contributed by atoms with van der Waals surface area (Å²) in [5.74, 6) is 0. The highest BCUT2D eigenvalue weighted by atomic mass is 35.7. The molecule has 19 heavy (non-hydrogen) atoms. The van der Waals surface area contributed by atoms with Gasteiger partial charge in [-0.2, -0.15) is 0 Å². The van der Waals surface area contributed by atoms with Crippen molar-refractivity contribution < 1.29 is 33.3 Å². The molecule has 98 valence electrons. The van der Waals surface area contributed by atoms with Gasteiger partial charge in [-0.25, -0.2) is 23.1 Å². The maximum atomic E-state index is 8.49. The lowest BCUT2D eigenvalue weighted by Gasteiger charge is -2.17. The maximum Gasteiger partial charge on any atom is 0.360 e. The second kappa shape index (κ2) is 5.48. The summed E-state index contributed by atoms with van der Waals surface area (Å²) in [6.45, 7) is 0. The molecule has 0 aliphatic carbocycles. The highest BCUT2D eigenvalue weighted by Crippen LogP contribution is 2.24. The average Bonchev–Trinajstić information content (AvgIpc) is 2.37. The number of rotatable bonds is 0. The first-order valence-electron chi connectivity index (χ1n) is 5.25. The molecule has 0 N–H and O–H groups in total. The molecule has 0 spiro atoms. The molecule has 0 amide bonds. The molecule has 1 aromatic heterocycles. The Hall–Kier alpha value is -1.76. The van der Waals surface area contributed by atoms with Crippen molar-refractivity contribution in [2.45, 2.75) is 0 Å². The molecule has 3 aromatic rings. The molecule has 0 aliphatic rings. The van der Waals surface area contributed by atoms with Crippen molar-refractivity contribution in [1.29, 1.82) is 0 Å². The van der Waals surface area contributed by atoms with E-state index < -0.39 is 10.2 Å². The molecule has 3 rings (SSSR count). The number of benzene rings is 2. The summed E-state index contributed by atoms with van der Waals surface area (Å²) < 4.78 is 39.4. The highest BCUT2D eigenvalue weighted by Gasteiger charge is 2.06. The van der Waals surface area contributed by atoms with Crippen molar-refractivity contribution in [1.82, 2.24) is 0 Å². The number of halogens is 1. The van der Waals surface area contributed by atoms with E-state index in [0.29, 0.717) is 0 Å². The molecule has 0 bridgehead atoms. The predicted molar refractivity (Wildman–Crippen MR) is 58.1 cm³/mol. The SMILES string of the molecule is [O-][Cl+3]([O-])([O-])[O-].c1ccc2c(c1)ccc1[o+]cccc12. The lowest BCUT2D eigenvalue weighted by Crippen LogP contribution is -2.68. The van der Waals surface area contributed by atoms with Crippen molar-refractivity contribution in [3.63, 3.8) is 0 Å². The number of hydrogen-bond donors (Lipinski definition) is 0. The third-order valence-corrected chi connectivity index (χ3v) is 2.47. The Balaban J connectivity index is 0.000000232. The molecular weight excluding hydrogens is 272 g/mol. The molecule has 0 saturated carbocycles. The predicted octanol–water partition coefficient (Wildman–Crippen LogP) is -0.889. The molecule has 0 atom stereocenters. The molecule has 2 aromatic carbocycles. The van der Waals surface area contributed by atoms with Crippen LogP contribution in [-0.2, 0) is 0 Å². The Morgan fingerprint density at radius 2 is 1.37 bits per heavy atom. The van der Waals surface area contributed by atoms with Gasteiger partial charge in [0, 0.05) is 12.1 Å². The van der Waals surface area contributed by atoms with E-state index in [4.69, 9.17) is 23.1 Å². The Kier molecular flexibility index (Phi) is 3.94. The monoisotopic (exact) mass is 280 g/mol. The van der Waals surface area contributed by atoms with Gasteiger partial charge in [-0.1, -0.05) is 24.3 Å². The topological polar surface area (TPSA) is 104 Å². The van der Waals surface area contributed by atoms with Crippen LogP contribution in [0.5, 0.6) is 0 Å². The molecule has 0 radical (unpaired) electrons. The van der Waals surface area contributed by atoms with Gasteiger partial charge in [0.1, 0.15) is 0 Å².